The summed E-state index contributed by atoms with van der Waals surface area (Å²) >= 11 is 12.5. The topological polar surface area (TPSA) is 77.2 Å². The maximum absolute atomic E-state index is 11.6. The molecule has 0 aliphatic heterocycles. The lowest BCUT2D eigenvalue weighted by Crippen LogP contribution is -2.15. The van der Waals surface area contributed by atoms with Crippen molar-refractivity contribution in [3.05, 3.63) is 52.6 Å². The van der Waals surface area contributed by atoms with Crippen LogP contribution in [0.1, 0.15) is 20.3 Å². The van der Waals surface area contributed by atoms with Crippen molar-refractivity contribution < 1.29 is 14.1 Å². The van der Waals surface area contributed by atoms with Crippen LogP contribution >= 0.6 is 23.2 Å². The van der Waals surface area contributed by atoms with Crippen LogP contribution < -0.4 is 5.32 Å². The van der Waals surface area contributed by atoms with Gasteiger partial charge in [-0.1, -0.05) is 34.4 Å². The molecule has 0 atom stereocenters. The SMILES string of the molecule is CC(C)OC(=O)CCNc1ccnc(-c2cc(-c3c(Cl)cccc3Cl)no2)c1. The van der Waals surface area contributed by atoms with Crippen molar-refractivity contribution in [3.8, 4) is 22.7 Å². The first-order valence-corrected chi connectivity index (χ1v) is 9.50. The first kappa shape index (κ1) is 20.2. The Hall–Kier alpha value is -2.57. The fourth-order valence-electron chi connectivity index (χ4n) is 2.56. The molecule has 0 bridgehead atoms. The van der Waals surface area contributed by atoms with Crippen LogP contribution in [0.25, 0.3) is 22.7 Å². The highest BCUT2D eigenvalue weighted by molar-refractivity contribution is 6.39. The van der Waals surface area contributed by atoms with Crippen molar-refractivity contribution in [1.82, 2.24) is 10.1 Å². The lowest BCUT2D eigenvalue weighted by atomic mass is 10.1. The summed E-state index contributed by atoms with van der Waals surface area (Å²) in [5.74, 6) is 0.238. The largest absolute Gasteiger partial charge is 0.463 e. The van der Waals surface area contributed by atoms with E-state index in [1.54, 1.807) is 36.5 Å². The average Bonchev–Trinajstić information content (AvgIpc) is 3.11. The van der Waals surface area contributed by atoms with Crippen LogP contribution in [0.4, 0.5) is 5.69 Å². The van der Waals surface area contributed by atoms with Gasteiger partial charge in [-0.2, -0.15) is 0 Å². The highest BCUT2D eigenvalue weighted by atomic mass is 35.5. The van der Waals surface area contributed by atoms with Gasteiger partial charge >= 0.3 is 5.97 Å². The van der Waals surface area contributed by atoms with Gasteiger partial charge in [0, 0.05) is 30.1 Å². The second kappa shape index (κ2) is 9.08. The first-order valence-electron chi connectivity index (χ1n) is 8.75. The summed E-state index contributed by atoms with van der Waals surface area (Å²) in [4.78, 5) is 15.9. The maximum atomic E-state index is 11.6. The van der Waals surface area contributed by atoms with E-state index in [0.717, 1.165) is 5.69 Å². The molecule has 1 N–H and O–H groups in total. The van der Waals surface area contributed by atoms with Gasteiger partial charge in [-0.05, 0) is 38.1 Å². The number of benzene rings is 1. The number of nitrogens with zero attached hydrogens (tertiary/aromatic N) is 2. The zero-order valence-corrected chi connectivity index (χ0v) is 16.9. The normalized spacial score (nSPS) is 10.9. The summed E-state index contributed by atoms with van der Waals surface area (Å²) < 4.78 is 10.5. The molecule has 28 heavy (non-hydrogen) atoms. The monoisotopic (exact) mass is 419 g/mol. The van der Waals surface area contributed by atoms with Crippen LogP contribution in [-0.4, -0.2) is 28.8 Å². The molecule has 0 fully saturated rings. The molecule has 6 nitrogen and oxygen atoms in total. The van der Waals surface area contributed by atoms with Crippen molar-refractivity contribution >= 4 is 34.9 Å². The predicted octanol–water partition coefficient (Wildman–Crippen LogP) is 5.46. The number of carbonyl (C=O) groups excluding carboxylic acids is 1. The minimum atomic E-state index is -0.242. The minimum Gasteiger partial charge on any atom is -0.463 e. The highest BCUT2D eigenvalue weighted by Crippen LogP contribution is 2.35. The van der Waals surface area contributed by atoms with Crippen LogP contribution in [0.5, 0.6) is 0 Å². The maximum Gasteiger partial charge on any atom is 0.307 e. The standard InChI is InChI=1S/C20H19Cl2N3O3/c1-12(2)27-19(26)7-9-23-13-6-8-24-16(10-13)18-11-17(25-28-18)20-14(21)4-3-5-15(20)22/h3-6,8,10-12H,7,9H2,1-2H3,(H,23,24). The number of esters is 1. The third-order valence-electron chi connectivity index (χ3n) is 3.77. The Balaban J connectivity index is 1.71. The zero-order chi connectivity index (χ0) is 20.1. The van der Waals surface area contributed by atoms with E-state index in [0.29, 0.717) is 39.3 Å². The van der Waals surface area contributed by atoms with Gasteiger partial charge in [0.25, 0.3) is 0 Å². The molecule has 0 aliphatic carbocycles. The number of anilines is 1. The molecule has 3 rings (SSSR count). The second-order valence-corrected chi connectivity index (χ2v) is 7.13. The lowest BCUT2D eigenvalue weighted by molar-refractivity contribution is -0.147. The lowest BCUT2D eigenvalue weighted by Gasteiger charge is -2.09. The number of pyridine rings is 1. The molecule has 0 saturated carbocycles. The van der Waals surface area contributed by atoms with Crippen molar-refractivity contribution in [2.24, 2.45) is 0 Å². The fourth-order valence-corrected chi connectivity index (χ4v) is 3.15. The average molecular weight is 420 g/mol. The van der Waals surface area contributed by atoms with Crippen molar-refractivity contribution in [3.63, 3.8) is 0 Å². The van der Waals surface area contributed by atoms with Crippen molar-refractivity contribution in [2.45, 2.75) is 26.4 Å². The summed E-state index contributed by atoms with van der Waals surface area (Å²) in [5, 5.41) is 8.21. The van der Waals surface area contributed by atoms with Gasteiger partial charge in [0.15, 0.2) is 5.76 Å². The molecule has 0 radical (unpaired) electrons. The van der Waals surface area contributed by atoms with Crippen molar-refractivity contribution in [1.29, 1.82) is 0 Å². The molecule has 0 unspecified atom stereocenters. The van der Waals surface area contributed by atoms with Crippen LogP contribution in [0.2, 0.25) is 10.0 Å². The Morgan fingerprint density at radius 3 is 2.64 bits per heavy atom. The molecule has 0 spiro atoms. The van der Waals surface area contributed by atoms with E-state index in [-0.39, 0.29) is 18.5 Å². The Bertz CT molecular complexity index is 953. The molecule has 1 aromatic carbocycles. The van der Waals surface area contributed by atoms with Crippen LogP contribution in [0, 0.1) is 0 Å². The van der Waals surface area contributed by atoms with Gasteiger partial charge in [0.1, 0.15) is 11.4 Å². The number of ether oxygens (including phenoxy) is 1. The quantitative estimate of drug-likeness (QED) is 0.511. The number of hydrogen-bond donors (Lipinski definition) is 1. The van der Waals surface area contributed by atoms with E-state index in [1.165, 1.54) is 0 Å². The summed E-state index contributed by atoms with van der Waals surface area (Å²) in [6, 6.07) is 10.6. The Morgan fingerprint density at radius 1 is 1.18 bits per heavy atom. The first-order chi connectivity index (χ1) is 13.4. The predicted molar refractivity (Wildman–Crippen MR) is 110 cm³/mol. The molecule has 8 heteroatoms. The van der Waals surface area contributed by atoms with Crippen LogP contribution in [0.3, 0.4) is 0 Å². The Morgan fingerprint density at radius 2 is 1.93 bits per heavy atom. The third-order valence-corrected chi connectivity index (χ3v) is 4.40. The third kappa shape index (κ3) is 5.03. The highest BCUT2D eigenvalue weighted by Gasteiger charge is 2.15. The van der Waals surface area contributed by atoms with E-state index >= 15 is 0 Å². The Labute approximate surface area is 172 Å². The number of aromatic nitrogens is 2. The molecular formula is C20H19Cl2N3O3. The van der Waals surface area contributed by atoms with E-state index in [9.17, 15) is 4.79 Å². The van der Waals surface area contributed by atoms with E-state index in [4.69, 9.17) is 32.5 Å². The molecule has 146 valence electrons. The number of nitrogens with one attached hydrogen (secondary N) is 1. The van der Waals surface area contributed by atoms with Gasteiger partial charge in [0.2, 0.25) is 0 Å². The molecule has 0 aliphatic rings. The second-order valence-electron chi connectivity index (χ2n) is 6.32. The summed E-state index contributed by atoms with van der Waals surface area (Å²) in [5.41, 5.74) is 2.54. The fraction of sp³-hybridized carbons (Fsp3) is 0.250. The van der Waals surface area contributed by atoms with Gasteiger partial charge in [-0.15, -0.1) is 0 Å². The Kier molecular flexibility index (Phi) is 6.54. The zero-order valence-electron chi connectivity index (χ0n) is 15.4. The molecular weight excluding hydrogens is 401 g/mol. The number of halogens is 2. The molecule has 2 heterocycles. The van der Waals surface area contributed by atoms with Gasteiger partial charge in [-0.25, -0.2) is 0 Å². The van der Waals surface area contributed by atoms with E-state index < -0.39 is 0 Å². The minimum absolute atomic E-state index is 0.118. The van der Waals surface area contributed by atoms with Crippen LogP contribution in [0.15, 0.2) is 47.1 Å². The summed E-state index contributed by atoms with van der Waals surface area (Å²) in [7, 11) is 0. The number of rotatable bonds is 7. The number of carbonyl (C=O) groups is 1. The van der Waals surface area contributed by atoms with Crippen LogP contribution in [-0.2, 0) is 9.53 Å². The van der Waals surface area contributed by atoms with E-state index in [2.05, 4.69) is 15.5 Å². The molecule has 2 aromatic heterocycles. The number of hydrogen-bond acceptors (Lipinski definition) is 6. The molecule has 3 aromatic rings. The van der Waals surface area contributed by atoms with Gasteiger partial charge < -0.3 is 14.6 Å². The summed E-state index contributed by atoms with van der Waals surface area (Å²) in [6.45, 7) is 4.09. The smallest absolute Gasteiger partial charge is 0.307 e. The van der Waals surface area contributed by atoms with Gasteiger partial charge in [0.05, 0.1) is 22.6 Å². The summed E-state index contributed by atoms with van der Waals surface area (Å²) in [6.07, 6.45) is 1.80. The van der Waals surface area contributed by atoms with Gasteiger partial charge in [-0.3, -0.25) is 9.78 Å². The van der Waals surface area contributed by atoms with Crippen molar-refractivity contribution in [2.75, 3.05) is 11.9 Å². The molecule has 0 saturated heterocycles. The van der Waals surface area contributed by atoms with E-state index in [1.807, 2.05) is 19.9 Å². The molecule has 0 amide bonds.